The van der Waals surface area contributed by atoms with Gasteiger partial charge >= 0.3 is 17.9 Å². The van der Waals surface area contributed by atoms with Crippen molar-refractivity contribution < 1.29 is 44.3 Å². The van der Waals surface area contributed by atoms with Crippen molar-refractivity contribution in [3.63, 3.8) is 0 Å². The number of fused-ring (bicyclic) bond motifs is 6. The highest BCUT2D eigenvalue weighted by molar-refractivity contribution is 5.95. The summed E-state index contributed by atoms with van der Waals surface area (Å²) in [5, 5.41) is 47.8. The first kappa shape index (κ1) is 38.1. The summed E-state index contributed by atoms with van der Waals surface area (Å²) in [5.41, 5.74) is -2.91. The number of hydrogen-bond donors (Lipinski definition) is 5. The fraction of sp³-hybridized carbons (Fsp3) is 0.568. The highest BCUT2D eigenvalue weighted by Crippen LogP contribution is 2.69. The summed E-state index contributed by atoms with van der Waals surface area (Å²) in [6.07, 6.45) is 6.48. The summed E-state index contributed by atoms with van der Waals surface area (Å²) in [7, 11) is 4.68. The van der Waals surface area contributed by atoms with Crippen LogP contribution in [0.4, 0.5) is 5.69 Å². The molecule has 304 valence electrons. The zero-order valence-corrected chi connectivity index (χ0v) is 33.4. The number of aromatic amines is 1. The zero-order chi connectivity index (χ0) is 40.4. The molecular formula is C44H54N4O9. The molecule has 57 heavy (non-hydrogen) atoms. The molecule has 2 bridgehead atoms. The van der Waals surface area contributed by atoms with E-state index >= 15 is 4.79 Å². The van der Waals surface area contributed by atoms with Crippen LogP contribution in [0.15, 0.2) is 48.6 Å². The van der Waals surface area contributed by atoms with Gasteiger partial charge in [-0.1, -0.05) is 44.2 Å². The molecule has 1 aromatic heterocycles. The van der Waals surface area contributed by atoms with E-state index in [1.165, 1.54) is 7.11 Å². The Morgan fingerprint density at radius 1 is 0.982 bits per heavy atom. The summed E-state index contributed by atoms with van der Waals surface area (Å²) < 4.78 is 12.2. The number of esters is 1. The normalized spacial score (nSPS) is 37.9. The van der Waals surface area contributed by atoms with E-state index in [-0.39, 0.29) is 18.8 Å². The number of aliphatic hydroxyl groups is 2. The number of anilines is 1. The van der Waals surface area contributed by atoms with Crippen LogP contribution in [-0.2, 0) is 36.4 Å². The lowest BCUT2D eigenvalue weighted by molar-refractivity contribution is -0.206. The Labute approximate surface area is 332 Å². The molecule has 2 saturated heterocycles. The number of carboxylic acid groups (broad SMARTS) is 2. The van der Waals surface area contributed by atoms with E-state index in [4.69, 9.17) is 9.47 Å². The van der Waals surface area contributed by atoms with Crippen LogP contribution >= 0.6 is 0 Å². The number of nitrogens with one attached hydrogen (secondary N) is 1. The summed E-state index contributed by atoms with van der Waals surface area (Å²) >= 11 is 0. The minimum absolute atomic E-state index is 0.131. The number of para-hydroxylation sites is 1. The van der Waals surface area contributed by atoms with Crippen molar-refractivity contribution in [1.82, 2.24) is 14.8 Å². The summed E-state index contributed by atoms with van der Waals surface area (Å²) in [6.45, 7) is 6.90. The fourth-order valence-corrected chi connectivity index (χ4v) is 13.5. The van der Waals surface area contributed by atoms with Gasteiger partial charge in [0.25, 0.3) is 0 Å². The van der Waals surface area contributed by atoms with Gasteiger partial charge in [-0.25, -0.2) is 4.79 Å². The van der Waals surface area contributed by atoms with Gasteiger partial charge in [-0.3, -0.25) is 19.4 Å². The minimum Gasteiger partial charge on any atom is -0.496 e. The predicted octanol–water partition coefficient (Wildman–Crippen LogP) is 3.67. The SMILES string of the molecule is CC[C@]1(O)CC2CN(CCc3c([nH]c4ccccc34)[C@@](C(=O)OC)(c3cc4c(cc3OC)N(C)[C@H]3[C@@](O)(C(=O)O)[C@H](C(=O)O)[C@]5(CC)C=CCN6CC[C@@]43[C@@H]65)C2)C1. The number of hydrogen-bond acceptors (Lipinski definition) is 10. The van der Waals surface area contributed by atoms with Gasteiger partial charge < -0.3 is 39.8 Å². The van der Waals surface area contributed by atoms with Crippen LogP contribution in [0, 0.1) is 17.3 Å². The van der Waals surface area contributed by atoms with E-state index in [1.54, 1.807) is 19.1 Å². The molecule has 5 N–H and O–H groups in total. The van der Waals surface area contributed by atoms with Gasteiger partial charge in [0.05, 0.1) is 25.9 Å². The standard InChI is InChI=1S/C44H54N4O9/c1-6-40(54)21-25-22-43(39(53)57-5,34-27(13-17-47(23-25)24-40)26-11-8-9-12-30(26)45-34)29-19-28-31(20-32(29)56-4)46(3)37-42(28)15-18-48-16-10-14-41(7-2,36(42)48)33(35(49)50)44(37,55)38(51)52/h8-12,14,19-20,25,33,36-37,45,54-55H,6-7,13,15-18,21-24H2,1-5H3,(H,49,50)(H,51,52)/t25?,33-,36+,37-,40+,41+,42+,43+,44-/m1/s1. The third-order valence-electron chi connectivity index (χ3n) is 15.5. The van der Waals surface area contributed by atoms with Crippen molar-refractivity contribution in [2.24, 2.45) is 17.3 Å². The van der Waals surface area contributed by atoms with Crippen molar-refractivity contribution in [2.45, 2.75) is 86.5 Å². The molecule has 13 nitrogen and oxygen atoms in total. The second-order valence-electron chi connectivity index (χ2n) is 17.8. The first-order chi connectivity index (χ1) is 27.2. The molecule has 9 rings (SSSR count). The van der Waals surface area contributed by atoms with Crippen LogP contribution < -0.4 is 9.64 Å². The Morgan fingerprint density at radius 2 is 1.75 bits per heavy atom. The van der Waals surface area contributed by atoms with Gasteiger partial charge in [0.15, 0.2) is 5.60 Å². The Kier molecular flexibility index (Phi) is 8.55. The Bertz CT molecular complexity index is 2220. The number of nitrogens with zero attached hydrogens (tertiary/aromatic N) is 3. The zero-order valence-electron chi connectivity index (χ0n) is 33.4. The smallest absolute Gasteiger partial charge is 0.338 e. The van der Waals surface area contributed by atoms with Crippen LogP contribution in [0.2, 0.25) is 0 Å². The van der Waals surface area contributed by atoms with Gasteiger partial charge in [0.2, 0.25) is 0 Å². The topological polar surface area (TPSA) is 176 Å². The van der Waals surface area contributed by atoms with Crippen LogP contribution in [0.3, 0.4) is 0 Å². The molecule has 0 radical (unpaired) electrons. The molecule has 10 atom stereocenters. The van der Waals surface area contributed by atoms with Gasteiger partial charge in [-0.2, -0.15) is 0 Å². The number of carbonyl (C=O) groups excluding carboxylic acids is 1. The highest BCUT2D eigenvalue weighted by atomic mass is 16.5. The average Bonchev–Trinajstić information content (AvgIpc) is 3.85. The van der Waals surface area contributed by atoms with Crippen LogP contribution in [0.1, 0.15) is 68.3 Å². The number of rotatable bonds is 7. The second-order valence-corrected chi connectivity index (χ2v) is 17.8. The summed E-state index contributed by atoms with van der Waals surface area (Å²) in [6, 6.07) is 10.2. The number of H-pyrrole nitrogens is 1. The van der Waals surface area contributed by atoms with Crippen molar-refractivity contribution in [2.75, 3.05) is 58.9 Å². The van der Waals surface area contributed by atoms with Crippen molar-refractivity contribution in [3.8, 4) is 5.75 Å². The maximum atomic E-state index is 15.2. The van der Waals surface area contributed by atoms with E-state index in [0.29, 0.717) is 81.1 Å². The highest BCUT2D eigenvalue weighted by Gasteiger charge is 2.80. The van der Waals surface area contributed by atoms with E-state index < -0.39 is 63.4 Å². The Balaban J connectivity index is 1.37. The minimum atomic E-state index is -2.70. The van der Waals surface area contributed by atoms with Crippen molar-refractivity contribution >= 4 is 34.5 Å². The predicted molar refractivity (Wildman–Crippen MR) is 212 cm³/mol. The number of carboxylic acids is 2. The molecule has 0 amide bonds. The molecule has 1 aliphatic carbocycles. The lowest BCUT2D eigenvalue weighted by Crippen LogP contribution is -2.79. The number of aromatic nitrogens is 1. The Morgan fingerprint density at radius 3 is 2.44 bits per heavy atom. The maximum absolute atomic E-state index is 15.2. The summed E-state index contributed by atoms with van der Waals surface area (Å²) in [5.74, 6) is -4.81. The first-order valence-corrected chi connectivity index (χ1v) is 20.4. The second kappa shape index (κ2) is 12.8. The van der Waals surface area contributed by atoms with E-state index in [9.17, 15) is 30.0 Å². The van der Waals surface area contributed by atoms with Crippen LogP contribution in [0.25, 0.3) is 10.9 Å². The molecule has 5 aliphatic heterocycles. The van der Waals surface area contributed by atoms with E-state index in [1.807, 2.05) is 56.3 Å². The lowest BCUT2D eigenvalue weighted by Gasteiger charge is -2.63. The summed E-state index contributed by atoms with van der Waals surface area (Å²) in [4.78, 5) is 52.4. The Hall–Kier alpha value is -4.43. The van der Waals surface area contributed by atoms with Gasteiger partial charge in [-0.15, -0.1) is 0 Å². The lowest BCUT2D eigenvalue weighted by atomic mass is 9.44. The maximum Gasteiger partial charge on any atom is 0.338 e. The number of piperidine rings is 1. The van der Waals surface area contributed by atoms with Crippen molar-refractivity contribution in [1.29, 1.82) is 0 Å². The first-order valence-electron chi connectivity index (χ1n) is 20.4. The van der Waals surface area contributed by atoms with E-state index in [0.717, 1.165) is 22.0 Å². The molecule has 2 aromatic carbocycles. The molecule has 6 heterocycles. The number of carbonyl (C=O) groups is 3. The van der Waals surface area contributed by atoms with Crippen LogP contribution in [0.5, 0.6) is 5.75 Å². The van der Waals surface area contributed by atoms with Crippen molar-refractivity contribution in [3.05, 3.63) is 70.9 Å². The molecule has 6 aliphatic rings. The monoisotopic (exact) mass is 782 g/mol. The van der Waals surface area contributed by atoms with Crippen LogP contribution in [-0.4, -0.2) is 130 Å². The molecular weight excluding hydrogens is 729 g/mol. The molecule has 1 spiro atoms. The largest absolute Gasteiger partial charge is 0.496 e. The number of aliphatic carboxylic acids is 2. The molecule has 13 heteroatoms. The van der Waals surface area contributed by atoms with Gasteiger partial charge in [0.1, 0.15) is 17.1 Å². The fourth-order valence-electron chi connectivity index (χ4n) is 13.5. The quantitative estimate of drug-likeness (QED) is 0.174. The number of benzene rings is 2. The number of likely N-dealkylation sites (N-methyl/N-ethyl adjacent to an activating group) is 1. The molecule has 2 unspecified atom stereocenters. The average molecular weight is 783 g/mol. The molecule has 3 aromatic rings. The molecule has 1 saturated carbocycles. The third kappa shape index (κ3) is 4.74. The van der Waals surface area contributed by atoms with Gasteiger partial charge in [0, 0.05) is 84.0 Å². The van der Waals surface area contributed by atoms with Gasteiger partial charge in [-0.05, 0) is 74.2 Å². The third-order valence-corrected chi connectivity index (χ3v) is 15.5. The number of ether oxygens (including phenoxy) is 2. The van der Waals surface area contributed by atoms with E-state index in [2.05, 4.69) is 20.9 Å². The number of methoxy groups -OCH3 is 2. The molecule has 3 fully saturated rings.